The molecule has 1 fully saturated rings. The predicted octanol–water partition coefficient (Wildman–Crippen LogP) is 3.28. The van der Waals surface area contributed by atoms with Gasteiger partial charge in [-0.1, -0.05) is 52.0 Å². The van der Waals surface area contributed by atoms with E-state index in [0.717, 1.165) is 24.9 Å². The molecule has 116 valence electrons. The first-order chi connectivity index (χ1) is 9.79. The summed E-state index contributed by atoms with van der Waals surface area (Å²) in [6.07, 6.45) is 1.39. The summed E-state index contributed by atoms with van der Waals surface area (Å²) in [5.41, 5.74) is 2.25. The van der Waals surface area contributed by atoms with Gasteiger partial charge in [0, 0.05) is 12.5 Å². The fourth-order valence-corrected chi connectivity index (χ4v) is 2.83. The molecule has 2 atom stereocenters. The van der Waals surface area contributed by atoms with Gasteiger partial charge in [-0.2, -0.15) is 0 Å². The van der Waals surface area contributed by atoms with E-state index in [2.05, 4.69) is 32.9 Å². The van der Waals surface area contributed by atoms with Gasteiger partial charge in [0.25, 0.3) is 0 Å². The molecular formula is C18H27NO2. The maximum absolute atomic E-state index is 12.1. The van der Waals surface area contributed by atoms with Crippen molar-refractivity contribution in [3.63, 3.8) is 0 Å². The molecule has 1 aromatic rings. The van der Waals surface area contributed by atoms with Crippen LogP contribution in [0.4, 0.5) is 0 Å². The van der Waals surface area contributed by atoms with Gasteiger partial charge in [0.15, 0.2) is 0 Å². The molecule has 2 unspecified atom stereocenters. The normalized spacial score (nSPS) is 21.5. The minimum absolute atomic E-state index is 0.0919. The number of aliphatic hydroxyl groups excluding tert-OH is 1. The van der Waals surface area contributed by atoms with Crippen molar-refractivity contribution >= 4 is 5.91 Å². The van der Waals surface area contributed by atoms with Gasteiger partial charge in [0.2, 0.25) is 5.91 Å². The Labute approximate surface area is 128 Å². The number of hydrogen-bond acceptors (Lipinski definition) is 2. The van der Waals surface area contributed by atoms with Crippen LogP contribution in [-0.4, -0.2) is 29.0 Å². The van der Waals surface area contributed by atoms with Crippen molar-refractivity contribution in [3.05, 3.63) is 35.4 Å². The first kappa shape index (κ1) is 16.0. The Balaban J connectivity index is 2.03. The van der Waals surface area contributed by atoms with Crippen LogP contribution in [0, 0.1) is 5.92 Å². The van der Waals surface area contributed by atoms with E-state index in [1.54, 1.807) is 4.90 Å². The zero-order valence-electron chi connectivity index (χ0n) is 13.6. The summed E-state index contributed by atoms with van der Waals surface area (Å²) in [6, 6.07) is 8.09. The molecular weight excluding hydrogens is 262 g/mol. The molecule has 0 radical (unpaired) electrons. The third-order valence-corrected chi connectivity index (χ3v) is 4.35. The van der Waals surface area contributed by atoms with E-state index in [1.165, 1.54) is 5.56 Å². The van der Waals surface area contributed by atoms with E-state index in [-0.39, 0.29) is 17.2 Å². The number of carbonyl (C=O) groups excluding carboxylic acids is 1. The Morgan fingerprint density at radius 2 is 1.90 bits per heavy atom. The monoisotopic (exact) mass is 289 g/mol. The van der Waals surface area contributed by atoms with Gasteiger partial charge in [-0.3, -0.25) is 4.79 Å². The van der Waals surface area contributed by atoms with E-state index in [1.807, 2.05) is 19.1 Å². The average Bonchev–Trinajstić information content (AvgIpc) is 2.43. The van der Waals surface area contributed by atoms with Crippen molar-refractivity contribution in [2.75, 3.05) is 13.1 Å². The summed E-state index contributed by atoms with van der Waals surface area (Å²) in [5.74, 6) is 0.265. The Hall–Kier alpha value is -1.35. The van der Waals surface area contributed by atoms with Crippen molar-refractivity contribution in [1.82, 2.24) is 4.90 Å². The quantitative estimate of drug-likeness (QED) is 0.927. The first-order valence-corrected chi connectivity index (χ1v) is 7.86. The predicted molar refractivity (Wildman–Crippen MR) is 85.1 cm³/mol. The number of hydrogen-bond donors (Lipinski definition) is 1. The highest BCUT2D eigenvalue weighted by Crippen LogP contribution is 2.25. The summed E-state index contributed by atoms with van der Waals surface area (Å²) in [5, 5.41) is 10.4. The molecule has 3 nitrogen and oxygen atoms in total. The number of amides is 1. The zero-order chi connectivity index (χ0) is 15.6. The molecule has 1 aromatic carbocycles. The first-order valence-electron chi connectivity index (χ1n) is 7.86. The van der Waals surface area contributed by atoms with Gasteiger partial charge < -0.3 is 10.0 Å². The van der Waals surface area contributed by atoms with Gasteiger partial charge in [0.05, 0.1) is 12.6 Å². The molecule has 1 saturated heterocycles. The third kappa shape index (κ3) is 3.85. The lowest BCUT2D eigenvalue weighted by Crippen LogP contribution is -2.42. The molecule has 0 aliphatic carbocycles. The molecule has 0 aromatic heterocycles. The lowest BCUT2D eigenvalue weighted by molar-refractivity contribution is -0.139. The number of likely N-dealkylation sites (tertiary alicyclic amines) is 1. The molecule has 1 N–H and O–H groups in total. The molecule has 21 heavy (non-hydrogen) atoms. The van der Waals surface area contributed by atoms with Crippen LogP contribution in [0.3, 0.4) is 0 Å². The van der Waals surface area contributed by atoms with Crippen molar-refractivity contribution in [2.45, 2.75) is 52.1 Å². The number of nitrogens with zero attached hydrogens (tertiary/aromatic N) is 1. The topological polar surface area (TPSA) is 40.5 Å². The lowest BCUT2D eigenvalue weighted by atomic mass is 9.86. The van der Waals surface area contributed by atoms with Crippen LogP contribution in [0.1, 0.15) is 57.8 Å². The number of piperidine rings is 1. The summed E-state index contributed by atoms with van der Waals surface area (Å²) in [7, 11) is 0. The molecule has 1 aliphatic rings. The van der Waals surface area contributed by atoms with Crippen molar-refractivity contribution in [1.29, 1.82) is 0 Å². The van der Waals surface area contributed by atoms with Crippen LogP contribution in [0.5, 0.6) is 0 Å². The summed E-state index contributed by atoms with van der Waals surface area (Å²) in [4.78, 5) is 13.9. The number of benzene rings is 1. The zero-order valence-corrected chi connectivity index (χ0v) is 13.6. The van der Waals surface area contributed by atoms with Gasteiger partial charge in [-0.15, -0.1) is 0 Å². The van der Waals surface area contributed by atoms with Crippen molar-refractivity contribution in [2.24, 2.45) is 5.92 Å². The second-order valence-corrected chi connectivity index (χ2v) is 7.22. The number of aliphatic hydroxyl groups is 1. The van der Waals surface area contributed by atoms with E-state index in [0.29, 0.717) is 6.54 Å². The Kier molecular flexibility index (Phi) is 4.72. The largest absolute Gasteiger partial charge is 0.387 e. The van der Waals surface area contributed by atoms with Crippen LogP contribution in [0.15, 0.2) is 24.3 Å². The molecule has 0 spiro atoms. The average molecular weight is 289 g/mol. The van der Waals surface area contributed by atoms with Crippen LogP contribution in [-0.2, 0) is 10.2 Å². The van der Waals surface area contributed by atoms with Crippen molar-refractivity contribution < 1.29 is 9.90 Å². The summed E-state index contributed by atoms with van der Waals surface area (Å²) >= 11 is 0. The van der Waals surface area contributed by atoms with E-state index in [9.17, 15) is 9.90 Å². The maximum atomic E-state index is 12.1. The standard InChI is InChI=1S/C18H27NO2/c1-13-6-5-11-19(17(13)21)12-16(20)14-7-9-15(10-8-14)18(2,3)4/h7-10,13,16,20H,5-6,11-12H2,1-4H3. The molecule has 0 bridgehead atoms. The molecule has 1 aliphatic heterocycles. The summed E-state index contributed by atoms with van der Waals surface area (Å²) < 4.78 is 0. The Morgan fingerprint density at radius 3 is 2.48 bits per heavy atom. The highest BCUT2D eigenvalue weighted by molar-refractivity contribution is 5.79. The summed E-state index contributed by atoms with van der Waals surface area (Å²) in [6.45, 7) is 9.65. The van der Waals surface area contributed by atoms with Crippen LogP contribution in [0.25, 0.3) is 0 Å². The molecule has 1 heterocycles. The number of carbonyl (C=O) groups is 1. The SMILES string of the molecule is CC1CCCN(CC(O)c2ccc(C(C)(C)C)cc2)C1=O. The minimum Gasteiger partial charge on any atom is -0.387 e. The van der Waals surface area contributed by atoms with E-state index >= 15 is 0 Å². The van der Waals surface area contributed by atoms with Gasteiger partial charge in [-0.05, 0) is 29.4 Å². The smallest absolute Gasteiger partial charge is 0.225 e. The minimum atomic E-state index is -0.603. The molecule has 3 heteroatoms. The fraction of sp³-hybridized carbons (Fsp3) is 0.611. The van der Waals surface area contributed by atoms with Crippen LogP contribution >= 0.6 is 0 Å². The lowest BCUT2D eigenvalue weighted by Gasteiger charge is -2.32. The number of β-amino-alcohol motifs (C(OH)–C–C–N with tert-alkyl or cyclic N) is 1. The second kappa shape index (κ2) is 6.18. The molecule has 1 amide bonds. The third-order valence-electron chi connectivity index (χ3n) is 4.35. The second-order valence-electron chi connectivity index (χ2n) is 7.22. The Morgan fingerprint density at radius 1 is 1.29 bits per heavy atom. The maximum Gasteiger partial charge on any atom is 0.225 e. The molecule has 2 rings (SSSR count). The van der Waals surface area contributed by atoms with Gasteiger partial charge in [-0.25, -0.2) is 0 Å². The molecule has 0 saturated carbocycles. The van der Waals surface area contributed by atoms with Crippen molar-refractivity contribution in [3.8, 4) is 0 Å². The van der Waals surface area contributed by atoms with E-state index in [4.69, 9.17) is 0 Å². The van der Waals surface area contributed by atoms with Gasteiger partial charge in [0.1, 0.15) is 0 Å². The fourth-order valence-electron chi connectivity index (χ4n) is 2.83. The van der Waals surface area contributed by atoms with Crippen LogP contribution < -0.4 is 0 Å². The van der Waals surface area contributed by atoms with E-state index < -0.39 is 6.10 Å². The number of rotatable bonds is 3. The van der Waals surface area contributed by atoms with Gasteiger partial charge >= 0.3 is 0 Å². The highest BCUT2D eigenvalue weighted by atomic mass is 16.3. The highest BCUT2D eigenvalue weighted by Gasteiger charge is 2.27. The Bertz CT molecular complexity index is 487. The van der Waals surface area contributed by atoms with Crippen LogP contribution in [0.2, 0.25) is 0 Å².